The Kier molecular flexibility index (Phi) is 3.27. The molecule has 0 unspecified atom stereocenters. The van der Waals surface area contributed by atoms with Gasteiger partial charge in [-0.15, -0.1) is 0 Å². The molecule has 0 spiro atoms. The van der Waals surface area contributed by atoms with Gasteiger partial charge in [-0.25, -0.2) is 8.42 Å². The number of hydrogen-bond acceptors (Lipinski definition) is 3. The summed E-state index contributed by atoms with van der Waals surface area (Å²) < 4.78 is 35.5. The third-order valence-electron chi connectivity index (χ3n) is 2.49. The first-order valence-electron chi connectivity index (χ1n) is 5.22. The maximum Gasteiger partial charge on any atom is 0.235 e. The van der Waals surface area contributed by atoms with Crippen molar-refractivity contribution in [2.45, 2.75) is 4.90 Å². The molecule has 0 saturated heterocycles. The fourth-order valence-electron chi connectivity index (χ4n) is 1.73. The zero-order chi connectivity index (χ0) is 13.2. The molecule has 4 nitrogen and oxygen atoms in total. The van der Waals surface area contributed by atoms with Crippen molar-refractivity contribution in [2.75, 3.05) is 0 Å². The van der Waals surface area contributed by atoms with Gasteiger partial charge in [0.15, 0.2) is 12.4 Å². The van der Waals surface area contributed by atoms with Crippen molar-refractivity contribution < 1.29 is 17.5 Å². The van der Waals surface area contributed by atoms with Crippen LogP contribution in [0.4, 0.5) is 0 Å². The first kappa shape index (κ1) is 12.5. The summed E-state index contributed by atoms with van der Waals surface area (Å²) in [6.07, 6.45) is 4.87. The third-order valence-corrected chi connectivity index (χ3v) is 3.36. The van der Waals surface area contributed by atoms with Crippen LogP contribution in [0.5, 0.6) is 0 Å². The molecular weight excluding hydrogens is 250 g/mol. The van der Waals surface area contributed by atoms with Crippen LogP contribution in [0.2, 0.25) is 0 Å². The molecule has 1 heterocycles. The van der Waals surface area contributed by atoms with E-state index in [0.717, 1.165) is 0 Å². The van der Waals surface area contributed by atoms with E-state index < -0.39 is 10.1 Å². The van der Waals surface area contributed by atoms with Crippen LogP contribution in [-0.2, 0) is 10.1 Å². The number of rotatable bonds is 3. The van der Waals surface area contributed by atoms with Gasteiger partial charge in [0.1, 0.15) is 15.0 Å². The second kappa shape index (κ2) is 4.72. The maximum atomic E-state index is 11.3. The van der Waals surface area contributed by atoms with Crippen LogP contribution in [-0.4, -0.2) is 13.0 Å². The predicted octanol–water partition coefficient (Wildman–Crippen LogP) is 1.51. The van der Waals surface area contributed by atoms with E-state index in [0.29, 0.717) is 11.3 Å². The topological polar surface area (TPSA) is 61.1 Å². The Hall–Kier alpha value is -1.98. The summed E-state index contributed by atoms with van der Waals surface area (Å²) in [5.74, 6) is 0. The number of pyridine rings is 1. The molecule has 0 saturated carbocycles. The van der Waals surface area contributed by atoms with E-state index in [1.54, 1.807) is 41.2 Å². The van der Waals surface area contributed by atoms with Crippen molar-refractivity contribution in [1.82, 2.24) is 0 Å². The molecule has 0 bridgehead atoms. The lowest BCUT2D eigenvalue weighted by atomic mass is 10.1. The average Bonchev–Trinajstić information content (AvgIpc) is 2.38. The summed E-state index contributed by atoms with van der Waals surface area (Å²) in [4.78, 5) is -0.254. The van der Waals surface area contributed by atoms with Gasteiger partial charge in [0.25, 0.3) is 0 Å². The highest BCUT2D eigenvalue weighted by Crippen LogP contribution is 2.20. The molecule has 2 rings (SSSR count). The summed E-state index contributed by atoms with van der Waals surface area (Å²) in [7, 11) is -4.53. The van der Waals surface area contributed by atoms with Crippen LogP contribution in [0, 0.1) is 0 Å². The maximum absolute atomic E-state index is 11.3. The Bertz CT molecular complexity index is 679. The Morgan fingerprint density at radius 3 is 2.33 bits per heavy atom. The number of para-hydroxylation sites is 1. The van der Waals surface area contributed by atoms with Gasteiger partial charge in [-0.3, -0.25) is 0 Å². The molecule has 0 fully saturated rings. The molecule has 92 valence electrons. The fourth-order valence-corrected chi connectivity index (χ4v) is 2.44. The van der Waals surface area contributed by atoms with Crippen LogP contribution in [0.1, 0.15) is 5.56 Å². The zero-order valence-electron chi connectivity index (χ0n) is 9.48. The van der Waals surface area contributed by atoms with Gasteiger partial charge in [0.05, 0.1) is 0 Å². The number of benzene rings is 1. The minimum Gasteiger partial charge on any atom is -0.744 e. The van der Waals surface area contributed by atoms with Gasteiger partial charge in [-0.05, 0) is 12.1 Å². The molecule has 1 aromatic carbocycles. The van der Waals surface area contributed by atoms with E-state index in [1.807, 2.05) is 0 Å². The van der Waals surface area contributed by atoms with Gasteiger partial charge in [-0.2, -0.15) is 4.57 Å². The van der Waals surface area contributed by atoms with Crippen LogP contribution in [0.25, 0.3) is 11.8 Å². The second-order valence-corrected chi connectivity index (χ2v) is 4.98. The van der Waals surface area contributed by atoms with E-state index in [-0.39, 0.29) is 4.90 Å². The van der Waals surface area contributed by atoms with Gasteiger partial charge < -0.3 is 4.55 Å². The summed E-state index contributed by atoms with van der Waals surface area (Å²) in [6.45, 7) is 3.63. The lowest BCUT2D eigenvalue weighted by molar-refractivity contribution is -0.598. The molecule has 1 aromatic heterocycles. The highest BCUT2D eigenvalue weighted by atomic mass is 32.2. The van der Waals surface area contributed by atoms with Gasteiger partial charge >= 0.3 is 0 Å². The standard InChI is InChI=1S/C13H11NO3S/c1-2-11-7-6-8-12(18(15,16)17)13(11)14-9-4-3-5-10-14/h2-10H,1H2. The monoisotopic (exact) mass is 261 g/mol. The first-order valence-corrected chi connectivity index (χ1v) is 6.63. The molecule has 0 N–H and O–H groups in total. The molecule has 0 amide bonds. The zero-order valence-corrected chi connectivity index (χ0v) is 10.3. The van der Waals surface area contributed by atoms with E-state index in [1.165, 1.54) is 18.2 Å². The second-order valence-electron chi connectivity index (χ2n) is 3.63. The molecule has 0 radical (unpaired) electrons. The Balaban J connectivity index is 2.83. The number of aromatic nitrogens is 1. The van der Waals surface area contributed by atoms with Gasteiger partial charge in [-0.1, -0.05) is 24.8 Å². The minimum absolute atomic E-state index is 0.254. The summed E-state index contributed by atoms with van der Waals surface area (Å²) in [5.41, 5.74) is 0.909. The molecule has 0 atom stereocenters. The van der Waals surface area contributed by atoms with Crippen LogP contribution < -0.4 is 4.57 Å². The van der Waals surface area contributed by atoms with Gasteiger partial charge in [0.2, 0.25) is 5.69 Å². The molecule has 18 heavy (non-hydrogen) atoms. The minimum atomic E-state index is -4.53. The largest absolute Gasteiger partial charge is 0.744 e. The van der Waals surface area contributed by atoms with Crippen LogP contribution in [0.3, 0.4) is 0 Å². The Morgan fingerprint density at radius 2 is 1.78 bits per heavy atom. The molecular formula is C13H11NO3S. The first-order chi connectivity index (χ1) is 8.54. The summed E-state index contributed by atoms with van der Waals surface area (Å²) in [5, 5.41) is 0. The van der Waals surface area contributed by atoms with E-state index in [4.69, 9.17) is 0 Å². The van der Waals surface area contributed by atoms with Crippen LogP contribution in [0.15, 0.2) is 60.3 Å². The highest BCUT2D eigenvalue weighted by Gasteiger charge is 2.20. The number of nitrogens with zero attached hydrogens (tertiary/aromatic N) is 1. The van der Waals surface area contributed by atoms with Crippen LogP contribution >= 0.6 is 0 Å². The summed E-state index contributed by atoms with van der Waals surface area (Å²) in [6, 6.07) is 9.83. The normalized spacial score (nSPS) is 11.2. The van der Waals surface area contributed by atoms with Crippen molar-refractivity contribution in [3.63, 3.8) is 0 Å². The van der Waals surface area contributed by atoms with Gasteiger partial charge in [0, 0.05) is 17.7 Å². The molecule has 2 aromatic rings. The highest BCUT2D eigenvalue weighted by molar-refractivity contribution is 7.85. The number of hydrogen-bond donors (Lipinski definition) is 0. The third kappa shape index (κ3) is 2.32. The smallest absolute Gasteiger partial charge is 0.235 e. The lowest BCUT2D eigenvalue weighted by Gasteiger charge is -2.10. The van der Waals surface area contributed by atoms with E-state index >= 15 is 0 Å². The quantitative estimate of drug-likeness (QED) is 0.621. The molecule has 5 heteroatoms. The Morgan fingerprint density at radius 1 is 1.11 bits per heavy atom. The van der Waals surface area contributed by atoms with E-state index in [2.05, 4.69) is 6.58 Å². The predicted molar refractivity (Wildman–Crippen MR) is 66.0 cm³/mol. The molecule has 0 aliphatic rings. The van der Waals surface area contributed by atoms with Crippen molar-refractivity contribution >= 4 is 16.2 Å². The van der Waals surface area contributed by atoms with Crippen molar-refractivity contribution in [3.8, 4) is 5.69 Å². The Labute approximate surface area is 106 Å². The van der Waals surface area contributed by atoms with Crippen molar-refractivity contribution in [1.29, 1.82) is 0 Å². The fraction of sp³-hybridized carbons (Fsp3) is 0. The summed E-state index contributed by atoms with van der Waals surface area (Å²) >= 11 is 0. The SMILES string of the molecule is C=Cc1cccc(S(=O)(=O)[O-])c1-[n+]1ccccc1. The molecule has 0 aliphatic heterocycles. The van der Waals surface area contributed by atoms with E-state index in [9.17, 15) is 13.0 Å². The lowest BCUT2D eigenvalue weighted by Crippen LogP contribution is -2.32. The molecule has 0 aliphatic carbocycles. The van der Waals surface area contributed by atoms with Crippen molar-refractivity contribution in [2.24, 2.45) is 0 Å². The average molecular weight is 261 g/mol. The van der Waals surface area contributed by atoms with Crippen molar-refractivity contribution in [3.05, 3.63) is 60.9 Å².